The molecular formula is C27H34N4O4. The smallest absolute Gasteiger partial charge is 0.259 e. The Bertz CT molecular complexity index is 1090. The van der Waals surface area contributed by atoms with Gasteiger partial charge in [-0.1, -0.05) is 38.7 Å². The summed E-state index contributed by atoms with van der Waals surface area (Å²) in [6.07, 6.45) is 3.05. The van der Waals surface area contributed by atoms with E-state index in [1.54, 1.807) is 42.2 Å². The number of likely N-dealkylation sites (N-methyl/N-ethyl adjacent to an activating group) is 1. The first-order valence-electron chi connectivity index (χ1n) is 11.9. The van der Waals surface area contributed by atoms with Crippen LogP contribution in [0.4, 0.5) is 0 Å². The highest BCUT2D eigenvalue weighted by atomic mass is 16.5. The molecule has 0 saturated carbocycles. The molecule has 2 amide bonds. The summed E-state index contributed by atoms with van der Waals surface area (Å²) in [6, 6.07) is 6.80. The first kappa shape index (κ1) is 26.2. The average Bonchev–Trinajstić information content (AvgIpc) is 2.84. The first-order chi connectivity index (χ1) is 16.7. The molecule has 35 heavy (non-hydrogen) atoms. The van der Waals surface area contributed by atoms with Crippen molar-refractivity contribution in [3.8, 4) is 17.7 Å². The molecular weight excluding hydrogens is 444 g/mol. The molecule has 186 valence electrons. The van der Waals surface area contributed by atoms with Crippen LogP contribution in [0.5, 0.6) is 5.88 Å². The maximum Gasteiger partial charge on any atom is 0.259 e. The molecule has 1 N–H and O–H groups in total. The number of amides is 2. The third-order valence-corrected chi connectivity index (χ3v) is 5.96. The van der Waals surface area contributed by atoms with Crippen molar-refractivity contribution in [2.75, 3.05) is 26.7 Å². The maximum atomic E-state index is 13.4. The van der Waals surface area contributed by atoms with E-state index in [1.165, 1.54) is 0 Å². The molecule has 3 rings (SSSR count). The second kappa shape index (κ2) is 11.8. The van der Waals surface area contributed by atoms with Gasteiger partial charge in [0.25, 0.3) is 5.91 Å². The van der Waals surface area contributed by atoms with Gasteiger partial charge < -0.3 is 19.6 Å². The molecule has 0 aromatic carbocycles. The van der Waals surface area contributed by atoms with Crippen molar-refractivity contribution in [3.63, 3.8) is 0 Å². The Morgan fingerprint density at radius 1 is 1.31 bits per heavy atom. The maximum absolute atomic E-state index is 13.4. The minimum absolute atomic E-state index is 0.0780. The first-order valence-corrected chi connectivity index (χ1v) is 11.9. The highest BCUT2D eigenvalue weighted by Crippen LogP contribution is 2.27. The summed E-state index contributed by atoms with van der Waals surface area (Å²) in [4.78, 5) is 38.2. The number of carbonyl (C=O) groups excluding carboxylic acids is 2. The predicted octanol–water partition coefficient (Wildman–Crippen LogP) is 2.41. The van der Waals surface area contributed by atoms with Crippen molar-refractivity contribution in [2.24, 2.45) is 11.8 Å². The summed E-state index contributed by atoms with van der Waals surface area (Å²) >= 11 is 0. The largest absolute Gasteiger partial charge is 0.472 e. The Labute approximate surface area is 207 Å². The molecule has 0 bridgehead atoms. The number of nitrogens with zero attached hydrogens (tertiary/aromatic N) is 4. The van der Waals surface area contributed by atoms with Gasteiger partial charge in [0.2, 0.25) is 11.8 Å². The lowest BCUT2D eigenvalue weighted by Crippen LogP contribution is -2.50. The van der Waals surface area contributed by atoms with Crippen LogP contribution in [0.1, 0.15) is 49.3 Å². The van der Waals surface area contributed by atoms with Crippen LogP contribution in [0.2, 0.25) is 0 Å². The summed E-state index contributed by atoms with van der Waals surface area (Å²) in [5.74, 6) is 6.08. The Morgan fingerprint density at radius 2 is 2.09 bits per heavy atom. The topological polar surface area (TPSA) is 95.9 Å². The number of ether oxygens (including phenoxy) is 1. The molecule has 0 saturated heterocycles. The Morgan fingerprint density at radius 3 is 2.74 bits per heavy atom. The zero-order chi connectivity index (χ0) is 25.5. The van der Waals surface area contributed by atoms with E-state index in [0.717, 1.165) is 0 Å². The lowest BCUT2D eigenvalue weighted by atomic mass is 9.99. The van der Waals surface area contributed by atoms with Crippen molar-refractivity contribution < 1.29 is 19.4 Å². The number of carbonyl (C=O) groups is 2. The second-order valence-electron chi connectivity index (χ2n) is 9.40. The van der Waals surface area contributed by atoms with Crippen molar-refractivity contribution in [3.05, 3.63) is 53.5 Å². The third-order valence-electron chi connectivity index (χ3n) is 5.96. The Balaban J connectivity index is 1.89. The van der Waals surface area contributed by atoms with Crippen molar-refractivity contribution in [1.29, 1.82) is 0 Å². The van der Waals surface area contributed by atoms with E-state index in [2.05, 4.69) is 21.8 Å². The molecule has 0 radical (unpaired) electrons. The molecule has 0 fully saturated rings. The van der Waals surface area contributed by atoms with Crippen LogP contribution in [0.15, 0.2) is 36.7 Å². The van der Waals surface area contributed by atoms with E-state index in [4.69, 9.17) is 4.74 Å². The van der Waals surface area contributed by atoms with Gasteiger partial charge in [0.15, 0.2) is 0 Å². The predicted molar refractivity (Wildman–Crippen MR) is 133 cm³/mol. The number of aliphatic hydroxyl groups is 1. The Kier molecular flexibility index (Phi) is 8.83. The lowest BCUT2D eigenvalue weighted by Gasteiger charge is -2.37. The van der Waals surface area contributed by atoms with Gasteiger partial charge in [0.1, 0.15) is 11.7 Å². The average molecular weight is 479 g/mol. The van der Waals surface area contributed by atoms with Crippen LogP contribution in [0.25, 0.3) is 0 Å². The normalized spacial score (nSPS) is 18.5. The van der Waals surface area contributed by atoms with Crippen LogP contribution in [-0.4, -0.2) is 75.6 Å². The fourth-order valence-corrected chi connectivity index (χ4v) is 3.78. The summed E-state index contributed by atoms with van der Waals surface area (Å²) in [6.45, 7) is 8.28. The van der Waals surface area contributed by atoms with Gasteiger partial charge in [-0.2, -0.15) is 0 Å². The van der Waals surface area contributed by atoms with Crippen LogP contribution in [0, 0.1) is 23.7 Å². The summed E-state index contributed by atoms with van der Waals surface area (Å²) < 4.78 is 6.25. The molecule has 1 aliphatic heterocycles. The highest BCUT2D eigenvalue weighted by Gasteiger charge is 2.34. The van der Waals surface area contributed by atoms with Gasteiger partial charge in [-0.15, -0.1) is 0 Å². The number of aromatic nitrogens is 2. The summed E-state index contributed by atoms with van der Waals surface area (Å²) in [5, 5.41) is 9.80. The molecule has 3 heterocycles. The van der Waals surface area contributed by atoms with E-state index in [0.29, 0.717) is 29.9 Å². The SMILES string of the molecule is CC(C)C#Cc1cnc2c(c1)C(=O)N([C@H](C)CO)C[C@H](C)[C@H](CN(C)C(=O)Cc1ccccn1)O2. The van der Waals surface area contributed by atoms with E-state index in [9.17, 15) is 14.7 Å². The number of hydrogen-bond donors (Lipinski definition) is 1. The highest BCUT2D eigenvalue weighted by molar-refractivity contribution is 5.97. The molecule has 8 heteroatoms. The lowest BCUT2D eigenvalue weighted by molar-refractivity contribution is -0.130. The molecule has 1 aliphatic rings. The van der Waals surface area contributed by atoms with Gasteiger partial charge in [-0.3, -0.25) is 14.6 Å². The standard InChI is InChI=1S/C27H34N4O4/c1-18(2)9-10-21-12-23-26(29-14-21)35-24(19(3)15-31(27(23)34)20(4)17-32)16-30(5)25(33)13-22-8-6-7-11-28-22/h6-8,11-12,14,18-20,24,32H,13,15-17H2,1-5H3/t19-,20+,24-/m0/s1. The second-order valence-corrected chi connectivity index (χ2v) is 9.40. The van der Waals surface area contributed by atoms with Gasteiger partial charge in [-0.05, 0) is 25.1 Å². The molecule has 3 atom stereocenters. The molecule has 8 nitrogen and oxygen atoms in total. The van der Waals surface area contributed by atoms with E-state index in [-0.39, 0.29) is 48.6 Å². The summed E-state index contributed by atoms with van der Waals surface area (Å²) in [7, 11) is 1.73. The van der Waals surface area contributed by atoms with E-state index >= 15 is 0 Å². The number of hydrogen-bond acceptors (Lipinski definition) is 6. The van der Waals surface area contributed by atoms with Crippen molar-refractivity contribution >= 4 is 11.8 Å². The van der Waals surface area contributed by atoms with Crippen LogP contribution in [-0.2, 0) is 11.2 Å². The third kappa shape index (κ3) is 6.80. The van der Waals surface area contributed by atoms with Crippen LogP contribution in [0.3, 0.4) is 0 Å². The molecule has 2 aromatic heterocycles. The fourth-order valence-electron chi connectivity index (χ4n) is 3.78. The number of pyridine rings is 2. The van der Waals surface area contributed by atoms with E-state index in [1.807, 2.05) is 39.0 Å². The van der Waals surface area contributed by atoms with E-state index < -0.39 is 6.10 Å². The Hall–Kier alpha value is -3.44. The number of fused-ring (bicyclic) bond motifs is 1. The van der Waals surface area contributed by atoms with Gasteiger partial charge in [0, 0.05) is 49.1 Å². The zero-order valence-electron chi connectivity index (χ0n) is 21.1. The minimum Gasteiger partial charge on any atom is -0.472 e. The molecule has 0 spiro atoms. The monoisotopic (exact) mass is 478 g/mol. The molecule has 0 aliphatic carbocycles. The number of aliphatic hydroxyl groups excluding tert-OH is 1. The number of rotatable bonds is 6. The quantitative estimate of drug-likeness (QED) is 0.641. The molecule has 2 aromatic rings. The van der Waals surface area contributed by atoms with Gasteiger partial charge in [-0.25, -0.2) is 4.98 Å². The molecule has 0 unspecified atom stereocenters. The van der Waals surface area contributed by atoms with Gasteiger partial charge >= 0.3 is 0 Å². The summed E-state index contributed by atoms with van der Waals surface area (Å²) in [5.41, 5.74) is 1.63. The van der Waals surface area contributed by atoms with Crippen molar-refractivity contribution in [1.82, 2.24) is 19.8 Å². The van der Waals surface area contributed by atoms with Crippen molar-refractivity contribution in [2.45, 2.75) is 46.3 Å². The van der Waals surface area contributed by atoms with Gasteiger partial charge in [0.05, 0.1) is 25.6 Å². The van der Waals surface area contributed by atoms with Crippen LogP contribution < -0.4 is 4.74 Å². The van der Waals surface area contributed by atoms with Crippen LogP contribution >= 0.6 is 0 Å². The zero-order valence-corrected chi connectivity index (χ0v) is 21.1. The minimum atomic E-state index is -0.409. The fraction of sp³-hybridized carbons (Fsp3) is 0.481.